The highest BCUT2D eigenvalue weighted by molar-refractivity contribution is 7.99. The normalized spacial score (nSPS) is 20.0. The Kier molecular flexibility index (Phi) is 6.49. The van der Waals surface area contributed by atoms with Crippen molar-refractivity contribution in [2.24, 2.45) is 5.41 Å². The largest absolute Gasteiger partial charge is 0.465 e. The fourth-order valence-corrected chi connectivity index (χ4v) is 5.59. The Hall–Kier alpha value is -2.89. The average molecular weight is 465 g/mol. The van der Waals surface area contributed by atoms with Gasteiger partial charge in [0.2, 0.25) is 0 Å². The maximum atomic E-state index is 14.1. The number of benzene rings is 3. The van der Waals surface area contributed by atoms with Crippen molar-refractivity contribution in [1.29, 1.82) is 0 Å². The highest BCUT2D eigenvalue weighted by atomic mass is 35.5. The van der Waals surface area contributed by atoms with E-state index >= 15 is 0 Å². The van der Waals surface area contributed by atoms with E-state index in [1.165, 1.54) is 11.8 Å². The van der Waals surface area contributed by atoms with Crippen LogP contribution in [-0.2, 0) is 9.53 Å². The van der Waals surface area contributed by atoms with Gasteiger partial charge < -0.3 is 4.74 Å². The zero-order valence-corrected chi connectivity index (χ0v) is 19.0. The van der Waals surface area contributed by atoms with Crippen LogP contribution < -0.4 is 0 Å². The van der Waals surface area contributed by atoms with Gasteiger partial charge in [0, 0.05) is 21.8 Å². The van der Waals surface area contributed by atoms with E-state index in [1.807, 2.05) is 36.4 Å². The van der Waals surface area contributed by atoms with Gasteiger partial charge in [-0.15, -0.1) is 11.8 Å². The van der Waals surface area contributed by atoms with E-state index in [2.05, 4.69) is 0 Å². The van der Waals surface area contributed by atoms with E-state index in [-0.39, 0.29) is 34.3 Å². The SMILES string of the molecule is CCOC(=O)[C@]1(CSc2ccccc2)C(=O)c2c(Cl)cccc2C(=O)[C@H]1c1ccccc1. The summed E-state index contributed by atoms with van der Waals surface area (Å²) in [6.45, 7) is 1.78. The van der Waals surface area contributed by atoms with Crippen molar-refractivity contribution in [2.75, 3.05) is 12.4 Å². The summed E-state index contributed by atoms with van der Waals surface area (Å²) < 4.78 is 5.43. The zero-order valence-electron chi connectivity index (χ0n) is 17.4. The Labute approximate surface area is 195 Å². The van der Waals surface area contributed by atoms with Crippen molar-refractivity contribution in [3.8, 4) is 0 Å². The molecule has 4 nitrogen and oxygen atoms in total. The summed E-state index contributed by atoms with van der Waals surface area (Å²) in [6, 6.07) is 23.2. The van der Waals surface area contributed by atoms with Crippen LogP contribution in [0, 0.1) is 5.41 Å². The van der Waals surface area contributed by atoms with E-state index in [0.29, 0.717) is 5.56 Å². The van der Waals surface area contributed by atoms with Crippen LogP contribution in [0.2, 0.25) is 5.02 Å². The molecule has 0 fully saturated rings. The van der Waals surface area contributed by atoms with Crippen molar-refractivity contribution in [2.45, 2.75) is 17.7 Å². The molecule has 3 aromatic rings. The van der Waals surface area contributed by atoms with Crippen LogP contribution >= 0.6 is 23.4 Å². The maximum absolute atomic E-state index is 14.1. The van der Waals surface area contributed by atoms with E-state index in [1.54, 1.807) is 49.4 Å². The summed E-state index contributed by atoms with van der Waals surface area (Å²) in [6.07, 6.45) is 0. The minimum Gasteiger partial charge on any atom is -0.465 e. The summed E-state index contributed by atoms with van der Waals surface area (Å²) in [7, 11) is 0. The molecule has 1 aliphatic carbocycles. The number of halogens is 1. The number of carbonyl (C=O) groups is 3. The number of Topliss-reactive ketones (excluding diaryl/α,β-unsaturated/α-hetero) is 2. The molecule has 0 bridgehead atoms. The van der Waals surface area contributed by atoms with Crippen LogP contribution in [0.5, 0.6) is 0 Å². The molecule has 0 aliphatic heterocycles. The molecule has 0 saturated carbocycles. The lowest BCUT2D eigenvalue weighted by Gasteiger charge is -2.40. The van der Waals surface area contributed by atoms with Gasteiger partial charge in [0.1, 0.15) is 0 Å². The van der Waals surface area contributed by atoms with Gasteiger partial charge >= 0.3 is 5.97 Å². The minimum atomic E-state index is -1.74. The first-order chi connectivity index (χ1) is 15.5. The third kappa shape index (κ3) is 3.76. The molecule has 0 heterocycles. The van der Waals surface area contributed by atoms with Crippen LogP contribution in [0.15, 0.2) is 83.8 Å². The number of hydrogen-bond donors (Lipinski definition) is 0. The lowest BCUT2D eigenvalue weighted by Crippen LogP contribution is -2.53. The molecule has 0 amide bonds. The molecule has 2 atom stereocenters. The first-order valence-corrected chi connectivity index (χ1v) is 11.6. The minimum absolute atomic E-state index is 0.0463. The Morgan fingerprint density at radius 1 is 0.969 bits per heavy atom. The van der Waals surface area contributed by atoms with Crippen molar-refractivity contribution < 1.29 is 19.1 Å². The number of fused-ring (bicyclic) bond motifs is 1. The first kappa shape index (κ1) is 22.3. The molecule has 1 aliphatic rings. The van der Waals surface area contributed by atoms with Crippen molar-refractivity contribution in [1.82, 2.24) is 0 Å². The molecule has 0 radical (unpaired) electrons. The van der Waals surface area contributed by atoms with E-state index in [0.717, 1.165) is 4.90 Å². The summed E-state index contributed by atoms with van der Waals surface area (Å²) in [4.78, 5) is 42.3. The second-order valence-electron chi connectivity index (χ2n) is 7.49. The second kappa shape index (κ2) is 9.31. The smallest absolute Gasteiger partial charge is 0.322 e. The van der Waals surface area contributed by atoms with Crippen LogP contribution in [0.25, 0.3) is 0 Å². The maximum Gasteiger partial charge on any atom is 0.322 e. The van der Waals surface area contributed by atoms with Crippen LogP contribution in [0.4, 0.5) is 0 Å². The fraction of sp³-hybridized carbons (Fsp3) is 0.192. The molecule has 0 N–H and O–H groups in total. The Morgan fingerprint density at radius 3 is 2.28 bits per heavy atom. The second-order valence-corrected chi connectivity index (χ2v) is 8.95. The molecule has 0 aromatic heterocycles. The Morgan fingerprint density at radius 2 is 1.62 bits per heavy atom. The van der Waals surface area contributed by atoms with Crippen molar-refractivity contribution in [3.63, 3.8) is 0 Å². The van der Waals surface area contributed by atoms with Crippen LogP contribution in [0.1, 0.15) is 39.1 Å². The predicted octanol–water partition coefficient (Wildman–Crippen LogP) is 5.84. The van der Waals surface area contributed by atoms with Crippen molar-refractivity contribution in [3.05, 3.63) is 101 Å². The number of rotatable bonds is 6. The number of ketones is 2. The van der Waals surface area contributed by atoms with E-state index in [9.17, 15) is 14.4 Å². The topological polar surface area (TPSA) is 60.4 Å². The molecule has 0 saturated heterocycles. The highest BCUT2D eigenvalue weighted by Gasteiger charge is 2.60. The lowest BCUT2D eigenvalue weighted by atomic mass is 9.61. The van der Waals surface area contributed by atoms with E-state index in [4.69, 9.17) is 16.3 Å². The van der Waals surface area contributed by atoms with Gasteiger partial charge in [0.15, 0.2) is 17.0 Å². The van der Waals surface area contributed by atoms with Gasteiger partial charge in [-0.05, 0) is 30.7 Å². The molecule has 0 spiro atoms. The van der Waals surface area contributed by atoms with Crippen molar-refractivity contribution >= 4 is 40.9 Å². The molecule has 32 heavy (non-hydrogen) atoms. The Balaban J connectivity index is 1.95. The third-order valence-electron chi connectivity index (χ3n) is 5.65. The zero-order chi connectivity index (χ0) is 22.7. The average Bonchev–Trinajstić information content (AvgIpc) is 2.81. The van der Waals surface area contributed by atoms with Gasteiger partial charge in [-0.2, -0.15) is 0 Å². The van der Waals surface area contributed by atoms with E-state index < -0.39 is 23.1 Å². The van der Waals surface area contributed by atoms with Crippen LogP contribution in [0.3, 0.4) is 0 Å². The molecule has 162 valence electrons. The molecular weight excluding hydrogens is 444 g/mol. The molecule has 4 rings (SSSR count). The lowest BCUT2D eigenvalue weighted by molar-refractivity contribution is -0.151. The first-order valence-electron chi connectivity index (χ1n) is 10.3. The quantitative estimate of drug-likeness (QED) is 0.260. The van der Waals surface area contributed by atoms with Crippen LogP contribution in [-0.4, -0.2) is 29.9 Å². The molecule has 0 unspecified atom stereocenters. The number of ether oxygens (including phenoxy) is 1. The predicted molar refractivity (Wildman–Crippen MR) is 126 cm³/mol. The summed E-state index contributed by atoms with van der Waals surface area (Å²) in [5, 5.41) is 0.158. The molecule has 6 heteroatoms. The monoisotopic (exact) mass is 464 g/mol. The number of hydrogen-bond acceptors (Lipinski definition) is 5. The third-order valence-corrected chi connectivity index (χ3v) is 7.17. The summed E-state index contributed by atoms with van der Waals surface area (Å²) in [5.74, 6) is -2.47. The van der Waals surface area contributed by atoms with Gasteiger partial charge in [-0.3, -0.25) is 14.4 Å². The summed E-state index contributed by atoms with van der Waals surface area (Å²) >= 11 is 7.74. The summed E-state index contributed by atoms with van der Waals surface area (Å²) in [5.41, 5.74) is -0.820. The fourth-order valence-electron chi connectivity index (χ4n) is 4.17. The van der Waals surface area contributed by atoms with Gasteiger partial charge in [-0.25, -0.2) is 0 Å². The van der Waals surface area contributed by atoms with Gasteiger partial charge in [-0.1, -0.05) is 72.3 Å². The highest BCUT2D eigenvalue weighted by Crippen LogP contribution is 2.50. The number of esters is 1. The standard InChI is InChI=1S/C26H21ClO4S/c1-2-31-25(30)26(16-32-18-12-7-4-8-13-18)22(17-10-5-3-6-11-17)23(28)19-14-9-15-20(27)21(19)24(26)29/h3-15,22H,2,16H2,1H3/t22-,26+/m1/s1. The Bertz CT molecular complexity index is 1160. The number of thioether (sulfide) groups is 1. The molecular formula is C26H21ClO4S. The number of carbonyl (C=O) groups excluding carboxylic acids is 3. The van der Waals surface area contributed by atoms with Gasteiger partial charge in [0.05, 0.1) is 17.5 Å². The van der Waals surface area contributed by atoms with Gasteiger partial charge in [0.25, 0.3) is 0 Å². The molecule has 3 aromatic carbocycles.